The lowest BCUT2D eigenvalue weighted by Gasteiger charge is -2.14. The van der Waals surface area contributed by atoms with Crippen molar-refractivity contribution in [1.29, 1.82) is 0 Å². The molecule has 0 aliphatic carbocycles. The predicted octanol–water partition coefficient (Wildman–Crippen LogP) is -0.987. The SMILES string of the molecule is COc1cc(/C=C/CNC[C@H]2O[C@@H](n3cnc(C(N)=O)n3)[C@H](O)[C@@H]2O)ccc1O. The number of aliphatic hydroxyl groups is 2. The molecule has 1 saturated heterocycles. The third kappa shape index (κ3) is 4.71. The maximum Gasteiger partial charge on any atom is 0.288 e. The molecule has 156 valence electrons. The molecule has 0 spiro atoms. The summed E-state index contributed by atoms with van der Waals surface area (Å²) in [5, 5.41) is 36.9. The van der Waals surface area contributed by atoms with Gasteiger partial charge in [-0.1, -0.05) is 18.2 Å². The molecule has 0 bridgehead atoms. The van der Waals surface area contributed by atoms with Gasteiger partial charge in [0, 0.05) is 13.1 Å². The predicted molar refractivity (Wildman–Crippen MR) is 101 cm³/mol. The third-order valence-corrected chi connectivity index (χ3v) is 4.45. The van der Waals surface area contributed by atoms with Crippen molar-refractivity contribution in [2.45, 2.75) is 24.5 Å². The van der Waals surface area contributed by atoms with E-state index in [2.05, 4.69) is 15.4 Å². The molecule has 2 aromatic rings. The number of carbonyl (C=O) groups is 1. The Labute approximate surface area is 166 Å². The number of benzene rings is 1. The monoisotopic (exact) mass is 405 g/mol. The van der Waals surface area contributed by atoms with E-state index in [1.807, 2.05) is 12.2 Å². The standard InChI is InChI=1S/C18H23N5O6/c1-28-12-7-10(4-5-11(12)24)3-2-6-20-8-13-14(25)15(26)18(29-13)23-9-21-17(22-23)16(19)27/h2-5,7,9,13-15,18,20,24-26H,6,8H2,1H3,(H2,19,27)/b3-2+/t13-,14-,15-,18-/m1/s1. The van der Waals surface area contributed by atoms with E-state index in [9.17, 15) is 20.1 Å². The summed E-state index contributed by atoms with van der Waals surface area (Å²) >= 11 is 0. The maximum atomic E-state index is 11.1. The molecule has 0 radical (unpaired) electrons. The van der Waals surface area contributed by atoms with E-state index in [0.29, 0.717) is 12.3 Å². The number of ether oxygens (including phenoxy) is 2. The summed E-state index contributed by atoms with van der Waals surface area (Å²) in [4.78, 5) is 14.8. The van der Waals surface area contributed by atoms with Gasteiger partial charge in [-0.25, -0.2) is 9.67 Å². The molecule has 1 amide bonds. The van der Waals surface area contributed by atoms with Crippen LogP contribution in [0.5, 0.6) is 11.5 Å². The number of aromatic nitrogens is 3. The molecular formula is C18H23N5O6. The van der Waals surface area contributed by atoms with Crippen molar-refractivity contribution < 1.29 is 29.6 Å². The first-order chi connectivity index (χ1) is 13.9. The van der Waals surface area contributed by atoms with E-state index < -0.39 is 30.4 Å². The van der Waals surface area contributed by atoms with Crippen LogP contribution in [-0.4, -0.2) is 74.5 Å². The van der Waals surface area contributed by atoms with Crippen LogP contribution in [0.1, 0.15) is 22.4 Å². The number of nitrogens with zero attached hydrogens (tertiary/aromatic N) is 3. The molecule has 4 atom stereocenters. The lowest BCUT2D eigenvalue weighted by molar-refractivity contribution is -0.0436. The van der Waals surface area contributed by atoms with Gasteiger partial charge >= 0.3 is 0 Å². The van der Waals surface area contributed by atoms with E-state index >= 15 is 0 Å². The highest BCUT2D eigenvalue weighted by atomic mass is 16.6. The summed E-state index contributed by atoms with van der Waals surface area (Å²) < 4.78 is 11.9. The number of hydrogen-bond donors (Lipinski definition) is 5. The zero-order chi connectivity index (χ0) is 21.0. The number of methoxy groups -OCH3 is 1. The number of amides is 1. The Hall–Kier alpha value is -2.99. The van der Waals surface area contributed by atoms with E-state index in [4.69, 9.17) is 15.2 Å². The molecule has 11 nitrogen and oxygen atoms in total. The molecule has 6 N–H and O–H groups in total. The van der Waals surface area contributed by atoms with Crippen molar-refractivity contribution in [2.75, 3.05) is 20.2 Å². The third-order valence-electron chi connectivity index (χ3n) is 4.45. The number of primary amides is 1. The van der Waals surface area contributed by atoms with Crippen LogP contribution in [0.4, 0.5) is 0 Å². The van der Waals surface area contributed by atoms with Crippen LogP contribution in [0.3, 0.4) is 0 Å². The van der Waals surface area contributed by atoms with Gasteiger partial charge < -0.3 is 35.8 Å². The zero-order valence-electron chi connectivity index (χ0n) is 15.7. The Morgan fingerprint density at radius 2 is 2.21 bits per heavy atom. The average Bonchev–Trinajstić information content (AvgIpc) is 3.29. The molecule has 0 unspecified atom stereocenters. The maximum absolute atomic E-state index is 11.1. The number of aromatic hydroxyl groups is 1. The number of phenolic OH excluding ortho intramolecular Hbond substituents is 1. The first-order valence-corrected chi connectivity index (χ1v) is 8.87. The number of nitrogens with one attached hydrogen (secondary N) is 1. The molecule has 2 heterocycles. The van der Waals surface area contributed by atoms with Crippen molar-refractivity contribution in [3.63, 3.8) is 0 Å². The molecular weight excluding hydrogens is 382 g/mol. The average molecular weight is 405 g/mol. The van der Waals surface area contributed by atoms with E-state index in [1.165, 1.54) is 13.4 Å². The molecule has 29 heavy (non-hydrogen) atoms. The van der Waals surface area contributed by atoms with E-state index in [1.54, 1.807) is 18.2 Å². The lowest BCUT2D eigenvalue weighted by Crippen LogP contribution is -2.37. The van der Waals surface area contributed by atoms with Crippen LogP contribution >= 0.6 is 0 Å². The number of aliphatic hydroxyl groups excluding tert-OH is 2. The van der Waals surface area contributed by atoms with Gasteiger partial charge in [0.2, 0.25) is 5.82 Å². The summed E-state index contributed by atoms with van der Waals surface area (Å²) in [5.41, 5.74) is 5.96. The van der Waals surface area contributed by atoms with Gasteiger partial charge in [0.25, 0.3) is 5.91 Å². The fourth-order valence-electron chi connectivity index (χ4n) is 2.93. The molecule has 1 aromatic heterocycles. The first kappa shape index (κ1) is 20.7. The zero-order valence-corrected chi connectivity index (χ0v) is 15.7. The minimum Gasteiger partial charge on any atom is -0.504 e. The van der Waals surface area contributed by atoms with E-state index in [-0.39, 0.29) is 18.1 Å². The largest absolute Gasteiger partial charge is 0.504 e. The number of rotatable bonds is 8. The lowest BCUT2D eigenvalue weighted by atomic mass is 10.1. The van der Waals surface area contributed by atoms with Gasteiger partial charge in [0.15, 0.2) is 17.7 Å². The van der Waals surface area contributed by atoms with E-state index in [0.717, 1.165) is 10.2 Å². The van der Waals surface area contributed by atoms with Gasteiger partial charge in [0.05, 0.1) is 7.11 Å². The Bertz CT molecular complexity index is 885. The minimum atomic E-state index is -1.23. The highest BCUT2D eigenvalue weighted by Crippen LogP contribution is 2.28. The molecule has 1 aliphatic rings. The highest BCUT2D eigenvalue weighted by Gasteiger charge is 2.44. The highest BCUT2D eigenvalue weighted by molar-refractivity contribution is 5.88. The van der Waals surface area contributed by atoms with Crippen LogP contribution in [0.2, 0.25) is 0 Å². The molecule has 0 saturated carbocycles. The van der Waals surface area contributed by atoms with Gasteiger partial charge in [-0.2, -0.15) is 0 Å². The first-order valence-electron chi connectivity index (χ1n) is 8.87. The summed E-state index contributed by atoms with van der Waals surface area (Å²) in [6, 6.07) is 5.00. The molecule has 1 fully saturated rings. The second-order valence-electron chi connectivity index (χ2n) is 6.45. The fourth-order valence-corrected chi connectivity index (χ4v) is 2.93. The molecule has 1 aromatic carbocycles. The quantitative estimate of drug-likeness (QED) is 0.347. The van der Waals surface area contributed by atoms with Crippen LogP contribution < -0.4 is 15.8 Å². The Morgan fingerprint density at radius 3 is 2.90 bits per heavy atom. The number of hydrogen-bond acceptors (Lipinski definition) is 9. The summed E-state index contributed by atoms with van der Waals surface area (Å²) in [6.07, 6.45) is 0.890. The van der Waals surface area contributed by atoms with Crippen LogP contribution in [-0.2, 0) is 4.74 Å². The van der Waals surface area contributed by atoms with Gasteiger partial charge in [0.1, 0.15) is 24.6 Å². The Balaban J connectivity index is 1.51. The molecule has 3 rings (SSSR count). The van der Waals surface area contributed by atoms with Crippen molar-refractivity contribution >= 4 is 12.0 Å². The van der Waals surface area contributed by atoms with Crippen molar-refractivity contribution in [2.24, 2.45) is 5.73 Å². The number of carbonyl (C=O) groups excluding carboxylic acids is 1. The second-order valence-corrected chi connectivity index (χ2v) is 6.45. The van der Waals surface area contributed by atoms with Gasteiger partial charge in [-0.05, 0) is 17.7 Å². The van der Waals surface area contributed by atoms with Crippen LogP contribution in [0, 0.1) is 0 Å². The summed E-state index contributed by atoms with van der Waals surface area (Å²) in [7, 11) is 1.48. The second kappa shape index (κ2) is 9.01. The van der Waals surface area contributed by atoms with Crippen LogP contribution in [0.15, 0.2) is 30.6 Å². The summed E-state index contributed by atoms with van der Waals surface area (Å²) in [5.74, 6) is -0.547. The van der Waals surface area contributed by atoms with Gasteiger partial charge in [-0.3, -0.25) is 4.79 Å². The molecule has 1 aliphatic heterocycles. The number of nitrogens with two attached hydrogens (primary N) is 1. The summed E-state index contributed by atoms with van der Waals surface area (Å²) in [6.45, 7) is 0.751. The number of phenols is 1. The van der Waals surface area contributed by atoms with Crippen LogP contribution in [0.25, 0.3) is 6.08 Å². The van der Waals surface area contributed by atoms with Gasteiger partial charge in [-0.15, -0.1) is 5.10 Å². The Morgan fingerprint density at radius 1 is 1.41 bits per heavy atom. The normalized spacial score (nSPS) is 24.2. The fraction of sp³-hybridized carbons (Fsp3) is 0.389. The Kier molecular flexibility index (Phi) is 6.44. The smallest absolute Gasteiger partial charge is 0.288 e. The van der Waals surface area contributed by atoms with Crippen molar-refractivity contribution in [3.05, 3.63) is 42.0 Å². The molecule has 11 heteroatoms. The topological polar surface area (TPSA) is 165 Å². The van der Waals surface area contributed by atoms with Crippen molar-refractivity contribution in [1.82, 2.24) is 20.1 Å². The minimum absolute atomic E-state index is 0.0681. The van der Waals surface area contributed by atoms with Crippen molar-refractivity contribution in [3.8, 4) is 11.5 Å².